The largest absolute Gasteiger partial charge is 0.389 e. The summed E-state index contributed by atoms with van der Waals surface area (Å²) < 4.78 is 12.7. The molecule has 0 spiro atoms. The van der Waals surface area contributed by atoms with E-state index in [1.165, 1.54) is 19.1 Å². The van der Waals surface area contributed by atoms with E-state index in [0.717, 1.165) is 17.8 Å². The summed E-state index contributed by atoms with van der Waals surface area (Å²) in [5, 5.41) is 19.0. The summed E-state index contributed by atoms with van der Waals surface area (Å²) in [7, 11) is 0. The van der Waals surface area contributed by atoms with Crippen molar-refractivity contribution in [3.8, 4) is 0 Å². The molecule has 0 amide bonds. The number of thioether (sulfide) groups is 1. The van der Waals surface area contributed by atoms with Crippen LogP contribution >= 0.6 is 11.8 Å². The standard InChI is InChI=1S/C10H12FNO3S/c1-6(13)16-5-8(14)10(15)7-3-2-4-9(11)12-7/h2-4,8,10,14-15H,5H2,1H3. The highest BCUT2D eigenvalue weighted by atomic mass is 32.2. The molecule has 0 aliphatic carbocycles. The van der Waals surface area contributed by atoms with E-state index in [1.807, 2.05) is 0 Å². The molecule has 1 aromatic rings. The van der Waals surface area contributed by atoms with Gasteiger partial charge in [-0.2, -0.15) is 4.39 Å². The van der Waals surface area contributed by atoms with Crippen LogP contribution in [0.25, 0.3) is 0 Å². The summed E-state index contributed by atoms with van der Waals surface area (Å²) >= 11 is 0.896. The number of aromatic nitrogens is 1. The Balaban J connectivity index is 2.62. The van der Waals surface area contributed by atoms with Crippen molar-refractivity contribution in [1.82, 2.24) is 4.98 Å². The van der Waals surface area contributed by atoms with Gasteiger partial charge in [0.05, 0.1) is 11.8 Å². The molecule has 0 aromatic carbocycles. The van der Waals surface area contributed by atoms with Crippen molar-refractivity contribution >= 4 is 16.9 Å². The minimum absolute atomic E-state index is 0.0503. The number of hydrogen-bond donors (Lipinski definition) is 2. The van der Waals surface area contributed by atoms with Crippen molar-refractivity contribution in [3.05, 3.63) is 29.8 Å². The maximum absolute atomic E-state index is 12.7. The predicted octanol–water partition coefficient (Wildman–Crippen LogP) is 0.895. The maximum atomic E-state index is 12.7. The van der Waals surface area contributed by atoms with Gasteiger partial charge >= 0.3 is 0 Å². The molecule has 0 aliphatic heterocycles. The fourth-order valence-corrected chi connectivity index (χ4v) is 1.67. The Morgan fingerprint density at radius 2 is 2.25 bits per heavy atom. The summed E-state index contributed by atoms with van der Waals surface area (Å²) in [5.74, 6) is -0.669. The number of carbonyl (C=O) groups is 1. The van der Waals surface area contributed by atoms with Crippen LogP contribution in [0, 0.1) is 5.95 Å². The number of hydrogen-bond acceptors (Lipinski definition) is 5. The molecule has 0 bridgehead atoms. The Bertz CT molecular complexity index is 375. The first-order valence-corrected chi connectivity index (χ1v) is 5.61. The number of rotatable bonds is 4. The molecule has 0 saturated carbocycles. The van der Waals surface area contributed by atoms with Gasteiger partial charge in [0.25, 0.3) is 0 Å². The van der Waals surface area contributed by atoms with E-state index >= 15 is 0 Å². The van der Waals surface area contributed by atoms with E-state index < -0.39 is 18.2 Å². The molecule has 1 heterocycles. The number of carbonyl (C=O) groups excluding carboxylic acids is 1. The zero-order valence-corrected chi connectivity index (χ0v) is 9.45. The van der Waals surface area contributed by atoms with E-state index in [4.69, 9.17) is 0 Å². The van der Waals surface area contributed by atoms with Gasteiger partial charge in [0, 0.05) is 12.7 Å². The molecule has 0 aliphatic rings. The minimum Gasteiger partial charge on any atom is -0.389 e. The highest BCUT2D eigenvalue weighted by Crippen LogP contribution is 2.18. The predicted molar refractivity (Wildman–Crippen MR) is 58.3 cm³/mol. The van der Waals surface area contributed by atoms with Gasteiger partial charge in [-0.25, -0.2) is 4.98 Å². The Labute approximate surface area is 96.5 Å². The van der Waals surface area contributed by atoms with Crippen LogP contribution in [0.1, 0.15) is 18.7 Å². The van der Waals surface area contributed by atoms with Gasteiger partial charge in [0.1, 0.15) is 6.10 Å². The number of pyridine rings is 1. The van der Waals surface area contributed by atoms with Crippen LogP contribution in [0.5, 0.6) is 0 Å². The fraction of sp³-hybridized carbons (Fsp3) is 0.400. The summed E-state index contributed by atoms with van der Waals surface area (Å²) in [5.41, 5.74) is 0.0525. The van der Waals surface area contributed by atoms with Crippen molar-refractivity contribution in [3.63, 3.8) is 0 Å². The molecular weight excluding hydrogens is 233 g/mol. The van der Waals surface area contributed by atoms with Crippen LogP contribution in [-0.2, 0) is 4.79 Å². The van der Waals surface area contributed by atoms with Crippen LogP contribution in [0.2, 0.25) is 0 Å². The number of aliphatic hydroxyl groups excluding tert-OH is 2. The van der Waals surface area contributed by atoms with Crippen LogP contribution in [0.4, 0.5) is 4.39 Å². The van der Waals surface area contributed by atoms with Gasteiger partial charge in [-0.15, -0.1) is 0 Å². The first kappa shape index (κ1) is 13.1. The van der Waals surface area contributed by atoms with Crippen molar-refractivity contribution in [2.24, 2.45) is 0 Å². The quantitative estimate of drug-likeness (QED) is 0.771. The highest BCUT2D eigenvalue weighted by molar-refractivity contribution is 8.13. The summed E-state index contributed by atoms with van der Waals surface area (Å²) in [6, 6.07) is 3.95. The van der Waals surface area contributed by atoms with Gasteiger partial charge in [-0.05, 0) is 12.1 Å². The molecular formula is C10H12FNO3S. The lowest BCUT2D eigenvalue weighted by molar-refractivity contribution is -0.109. The Kier molecular flexibility index (Phi) is 4.85. The minimum atomic E-state index is -1.29. The maximum Gasteiger partial charge on any atom is 0.213 e. The number of aliphatic hydroxyl groups is 2. The van der Waals surface area contributed by atoms with Crippen LogP contribution in [0.15, 0.2) is 18.2 Å². The Morgan fingerprint density at radius 3 is 2.81 bits per heavy atom. The molecule has 2 atom stereocenters. The third-order valence-electron chi connectivity index (χ3n) is 1.86. The van der Waals surface area contributed by atoms with Crippen molar-refractivity contribution in [1.29, 1.82) is 0 Å². The molecule has 4 nitrogen and oxygen atoms in total. The van der Waals surface area contributed by atoms with Crippen LogP contribution in [-0.4, -0.2) is 32.2 Å². The van der Waals surface area contributed by atoms with E-state index in [1.54, 1.807) is 0 Å². The first-order valence-electron chi connectivity index (χ1n) is 4.62. The molecule has 2 unspecified atom stereocenters. The third kappa shape index (κ3) is 3.88. The second-order valence-electron chi connectivity index (χ2n) is 3.20. The number of halogens is 1. The summed E-state index contributed by atoms with van der Waals surface area (Å²) in [6.07, 6.45) is -2.44. The van der Waals surface area contributed by atoms with Gasteiger partial charge in [0.2, 0.25) is 5.95 Å². The molecule has 0 fully saturated rings. The molecule has 88 valence electrons. The average Bonchev–Trinajstić information content (AvgIpc) is 2.24. The van der Waals surface area contributed by atoms with Crippen molar-refractivity contribution < 1.29 is 19.4 Å². The van der Waals surface area contributed by atoms with Crippen molar-refractivity contribution in [2.75, 3.05) is 5.75 Å². The smallest absolute Gasteiger partial charge is 0.213 e. The van der Waals surface area contributed by atoms with E-state index in [2.05, 4.69) is 4.98 Å². The van der Waals surface area contributed by atoms with Gasteiger partial charge in [-0.3, -0.25) is 4.79 Å². The average molecular weight is 245 g/mol. The molecule has 1 rings (SSSR count). The molecule has 2 N–H and O–H groups in total. The Morgan fingerprint density at radius 1 is 1.56 bits per heavy atom. The molecule has 0 saturated heterocycles. The lowest BCUT2D eigenvalue weighted by Gasteiger charge is -2.16. The first-order chi connectivity index (χ1) is 7.50. The van der Waals surface area contributed by atoms with Crippen molar-refractivity contribution in [2.45, 2.75) is 19.1 Å². The lowest BCUT2D eigenvalue weighted by Crippen LogP contribution is -2.22. The third-order valence-corrected chi connectivity index (χ3v) is 2.78. The SMILES string of the molecule is CC(=O)SCC(O)C(O)c1cccc(F)n1. The van der Waals surface area contributed by atoms with Gasteiger partial charge in [0.15, 0.2) is 5.12 Å². The molecule has 6 heteroatoms. The molecule has 0 radical (unpaired) electrons. The zero-order valence-electron chi connectivity index (χ0n) is 8.63. The van der Waals surface area contributed by atoms with Gasteiger partial charge < -0.3 is 10.2 Å². The lowest BCUT2D eigenvalue weighted by atomic mass is 10.1. The summed E-state index contributed by atoms with van der Waals surface area (Å²) in [4.78, 5) is 14.1. The second kappa shape index (κ2) is 5.93. The second-order valence-corrected chi connectivity index (χ2v) is 4.40. The molecule has 16 heavy (non-hydrogen) atoms. The monoisotopic (exact) mass is 245 g/mol. The van der Waals surface area contributed by atoms with E-state index in [-0.39, 0.29) is 16.6 Å². The normalized spacial score (nSPS) is 14.5. The zero-order chi connectivity index (χ0) is 12.1. The Hall–Kier alpha value is -0.980. The fourth-order valence-electron chi connectivity index (χ4n) is 1.08. The number of nitrogens with zero attached hydrogens (tertiary/aromatic N) is 1. The van der Waals surface area contributed by atoms with Crippen LogP contribution in [0.3, 0.4) is 0 Å². The van der Waals surface area contributed by atoms with Gasteiger partial charge in [-0.1, -0.05) is 17.8 Å². The molecule has 1 aromatic heterocycles. The van der Waals surface area contributed by atoms with E-state index in [9.17, 15) is 19.4 Å². The van der Waals surface area contributed by atoms with Crippen LogP contribution < -0.4 is 0 Å². The highest BCUT2D eigenvalue weighted by Gasteiger charge is 2.20. The topological polar surface area (TPSA) is 70.4 Å². The summed E-state index contributed by atoms with van der Waals surface area (Å²) in [6.45, 7) is 1.37. The van der Waals surface area contributed by atoms with E-state index in [0.29, 0.717) is 0 Å².